The van der Waals surface area contributed by atoms with E-state index in [2.05, 4.69) is 0 Å². The molecule has 1 aliphatic rings. The van der Waals surface area contributed by atoms with E-state index >= 15 is 0 Å². The summed E-state index contributed by atoms with van der Waals surface area (Å²) < 4.78 is 5.23. The maximum atomic E-state index is 11.5. The fraction of sp³-hybridized carbons (Fsp3) is 0.900. The lowest BCUT2D eigenvalue weighted by atomic mass is 10.1. The molecule has 1 fully saturated rings. The smallest absolute Gasteiger partial charge is 0.410 e. The predicted octanol–water partition coefficient (Wildman–Crippen LogP) is 1.34. The molecule has 0 aromatic rings. The number of hydrogen-bond acceptors (Lipinski definition) is 3. The number of carbonyl (C=O) groups excluding carboxylic acids is 1. The van der Waals surface area contributed by atoms with E-state index in [0.717, 1.165) is 12.8 Å². The number of nitrogens with zero attached hydrogens (tertiary/aromatic N) is 1. The SMILES string of the molecule is CC(C)(C)N1CC(CCCN)OC1=O. The van der Waals surface area contributed by atoms with Gasteiger partial charge in [-0.3, -0.25) is 4.90 Å². The minimum Gasteiger partial charge on any atom is -0.444 e. The van der Waals surface area contributed by atoms with Crippen LogP contribution in [0.3, 0.4) is 0 Å². The standard InChI is InChI=1S/C10H20N2O2/c1-10(2,3)12-7-8(5-4-6-11)14-9(12)13/h8H,4-7,11H2,1-3H3. The van der Waals surface area contributed by atoms with Crippen LogP contribution >= 0.6 is 0 Å². The lowest BCUT2D eigenvalue weighted by Crippen LogP contribution is -2.42. The molecule has 1 unspecified atom stereocenters. The lowest BCUT2D eigenvalue weighted by molar-refractivity contribution is 0.117. The van der Waals surface area contributed by atoms with E-state index in [-0.39, 0.29) is 17.7 Å². The maximum Gasteiger partial charge on any atom is 0.410 e. The Hall–Kier alpha value is -0.770. The van der Waals surface area contributed by atoms with Gasteiger partial charge < -0.3 is 10.5 Å². The molecule has 0 saturated carbocycles. The van der Waals surface area contributed by atoms with Crippen molar-refractivity contribution in [3.8, 4) is 0 Å². The summed E-state index contributed by atoms with van der Waals surface area (Å²) in [4.78, 5) is 13.2. The molecule has 4 nitrogen and oxygen atoms in total. The monoisotopic (exact) mass is 200 g/mol. The van der Waals surface area contributed by atoms with Crippen LogP contribution < -0.4 is 5.73 Å². The summed E-state index contributed by atoms with van der Waals surface area (Å²) in [5.41, 5.74) is 5.26. The maximum absolute atomic E-state index is 11.5. The number of carbonyl (C=O) groups is 1. The molecule has 4 heteroatoms. The molecule has 2 N–H and O–H groups in total. The summed E-state index contributed by atoms with van der Waals surface area (Å²) in [7, 11) is 0. The minimum atomic E-state index is -0.195. The third-order valence-corrected chi connectivity index (χ3v) is 2.41. The first-order chi connectivity index (χ1) is 6.45. The molecule has 0 radical (unpaired) electrons. The predicted molar refractivity (Wildman–Crippen MR) is 55.0 cm³/mol. The summed E-state index contributed by atoms with van der Waals surface area (Å²) in [6.45, 7) is 7.39. The Balaban J connectivity index is 2.48. The molecule has 0 spiro atoms. The highest BCUT2D eigenvalue weighted by Gasteiger charge is 2.37. The molecule has 14 heavy (non-hydrogen) atoms. The molecule has 1 heterocycles. The van der Waals surface area contributed by atoms with Gasteiger partial charge in [0.25, 0.3) is 0 Å². The number of rotatable bonds is 3. The number of nitrogens with two attached hydrogens (primary N) is 1. The first-order valence-electron chi connectivity index (χ1n) is 5.13. The first-order valence-corrected chi connectivity index (χ1v) is 5.13. The quantitative estimate of drug-likeness (QED) is 0.748. The molecule has 82 valence electrons. The molecule has 1 atom stereocenters. The van der Waals surface area contributed by atoms with Gasteiger partial charge in [0, 0.05) is 5.54 Å². The highest BCUT2D eigenvalue weighted by atomic mass is 16.6. The Labute approximate surface area is 85.4 Å². The van der Waals surface area contributed by atoms with Gasteiger partial charge >= 0.3 is 6.09 Å². The molecule has 0 bridgehead atoms. The van der Waals surface area contributed by atoms with Crippen LogP contribution in [0, 0.1) is 0 Å². The fourth-order valence-corrected chi connectivity index (χ4v) is 1.57. The van der Waals surface area contributed by atoms with Crippen LogP contribution in [0.2, 0.25) is 0 Å². The molecular formula is C10H20N2O2. The Morgan fingerprint density at radius 2 is 2.21 bits per heavy atom. The largest absolute Gasteiger partial charge is 0.444 e. The summed E-state index contributed by atoms with van der Waals surface area (Å²) >= 11 is 0. The number of cyclic esters (lactones) is 1. The van der Waals surface area contributed by atoms with Crippen molar-refractivity contribution in [1.29, 1.82) is 0 Å². The first kappa shape index (κ1) is 11.3. The van der Waals surface area contributed by atoms with Gasteiger partial charge in [0.05, 0.1) is 6.54 Å². The Morgan fingerprint density at radius 1 is 1.57 bits per heavy atom. The topological polar surface area (TPSA) is 55.6 Å². The number of amides is 1. The average molecular weight is 200 g/mol. The van der Waals surface area contributed by atoms with Crippen LogP contribution in [-0.4, -0.2) is 35.7 Å². The second-order valence-corrected chi connectivity index (χ2v) is 4.72. The van der Waals surface area contributed by atoms with Crippen molar-refractivity contribution in [1.82, 2.24) is 4.90 Å². The third-order valence-electron chi connectivity index (χ3n) is 2.41. The molecule has 0 aliphatic carbocycles. The van der Waals surface area contributed by atoms with Crippen LogP contribution in [0.5, 0.6) is 0 Å². The molecule has 0 aromatic heterocycles. The molecular weight excluding hydrogens is 180 g/mol. The van der Waals surface area contributed by atoms with Gasteiger partial charge in [-0.15, -0.1) is 0 Å². The van der Waals surface area contributed by atoms with Crippen molar-refractivity contribution in [2.45, 2.75) is 45.3 Å². The second-order valence-electron chi connectivity index (χ2n) is 4.72. The number of ether oxygens (including phenoxy) is 1. The third kappa shape index (κ3) is 2.61. The van der Waals surface area contributed by atoms with Crippen molar-refractivity contribution < 1.29 is 9.53 Å². The molecule has 1 saturated heterocycles. The van der Waals surface area contributed by atoms with Crippen molar-refractivity contribution in [2.24, 2.45) is 5.73 Å². The Kier molecular flexibility index (Phi) is 3.37. The Bertz CT molecular complexity index is 211. The van der Waals surface area contributed by atoms with Gasteiger partial charge in [-0.05, 0) is 40.2 Å². The van der Waals surface area contributed by atoms with Crippen LogP contribution in [0.4, 0.5) is 4.79 Å². The zero-order valence-electron chi connectivity index (χ0n) is 9.25. The molecule has 1 amide bonds. The van der Waals surface area contributed by atoms with Gasteiger partial charge in [-0.25, -0.2) is 4.79 Å². The molecule has 1 aliphatic heterocycles. The van der Waals surface area contributed by atoms with Crippen molar-refractivity contribution >= 4 is 6.09 Å². The van der Waals surface area contributed by atoms with Crippen LogP contribution in [-0.2, 0) is 4.74 Å². The van der Waals surface area contributed by atoms with Crippen molar-refractivity contribution in [3.63, 3.8) is 0 Å². The van der Waals surface area contributed by atoms with Crippen molar-refractivity contribution in [2.75, 3.05) is 13.1 Å². The minimum absolute atomic E-state index is 0.0327. The summed E-state index contributed by atoms with van der Waals surface area (Å²) in [5.74, 6) is 0. The van der Waals surface area contributed by atoms with Gasteiger partial charge in [-0.2, -0.15) is 0 Å². The van der Waals surface area contributed by atoms with E-state index in [0.29, 0.717) is 13.1 Å². The zero-order valence-corrected chi connectivity index (χ0v) is 9.25. The molecule has 1 rings (SSSR count). The lowest BCUT2D eigenvalue weighted by Gasteiger charge is -2.29. The van der Waals surface area contributed by atoms with E-state index in [1.54, 1.807) is 4.90 Å². The van der Waals surface area contributed by atoms with Crippen LogP contribution in [0.15, 0.2) is 0 Å². The highest BCUT2D eigenvalue weighted by molar-refractivity contribution is 5.70. The van der Waals surface area contributed by atoms with Crippen LogP contribution in [0.1, 0.15) is 33.6 Å². The van der Waals surface area contributed by atoms with Crippen molar-refractivity contribution in [3.05, 3.63) is 0 Å². The summed E-state index contributed by atoms with van der Waals surface area (Å²) in [6, 6.07) is 0. The normalized spacial score (nSPS) is 22.7. The second kappa shape index (κ2) is 4.17. The van der Waals surface area contributed by atoms with E-state index < -0.39 is 0 Å². The van der Waals surface area contributed by atoms with Gasteiger partial charge in [0.2, 0.25) is 0 Å². The Morgan fingerprint density at radius 3 is 2.64 bits per heavy atom. The van der Waals surface area contributed by atoms with E-state index in [4.69, 9.17) is 10.5 Å². The summed E-state index contributed by atoms with van der Waals surface area (Å²) in [6.07, 6.45) is 1.62. The van der Waals surface area contributed by atoms with E-state index in [9.17, 15) is 4.79 Å². The van der Waals surface area contributed by atoms with E-state index in [1.807, 2.05) is 20.8 Å². The fourth-order valence-electron chi connectivity index (χ4n) is 1.57. The van der Waals surface area contributed by atoms with Crippen LogP contribution in [0.25, 0.3) is 0 Å². The highest BCUT2D eigenvalue weighted by Crippen LogP contribution is 2.23. The van der Waals surface area contributed by atoms with E-state index in [1.165, 1.54) is 0 Å². The van der Waals surface area contributed by atoms with Gasteiger partial charge in [0.1, 0.15) is 6.10 Å². The van der Waals surface area contributed by atoms with Gasteiger partial charge in [0.15, 0.2) is 0 Å². The summed E-state index contributed by atoms with van der Waals surface area (Å²) in [5, 5.41) is 0. The average Bonchev–Trinajstić information content (AvgIpc) is 2.42. The van der Waals surface area contributed by atoms with Gasteiger partial charge in [-0.1, -0.05) is 0 Å². The zero-order chi connectivity index (χ0) is 10.8. The molecule has 0 aromatic carbocycles. The number of hydrogen-bond donors (Lipinski definition) is 1.